The maximum absolute atomic E-state index is 5.02. The van der Waals surface area contributed by atoms with Crippen molar-refractivity contribution in [1.29, 1.82) is 0 Å². The average molecular weight is 308 g/mol. The number of aryl methyl sites for hydroxylation is 1. The normalized spacial score (nSPS) is 10.2. The predicted molar refractivity (Wildman–Crippen MR) is 74.8 cm³/mol. The van der Waals surface area contributed by atoms with Crippen LogP contribution in [0.1, 0.15) is 11.1 Å². The van der Waals surface area contributed by atoms with E-state index in [1.807, 2.05) is 25.1 Å². The summed E-state index contributed by atoms with van der Waals surface area (Å²) >= 11 is 3.39. The quantitative estimate of drug-likeness (QED) is 0.942. The zero-order valence-corrected chi connectivity index (χ0v) is 11.9. The second kappa shape index (κ2) is 5.82. The Balaban J connectivity index is 2.02. The van der Waals surface area contributed by atoms with Gasteiger partial charge >= 0.3 is 0 Å². The van der Waals surface area contributed by atoms with Gasteiger partial charge in [-0.15, -0.1) is 0 Å². The van der Waals surface area contributed by atoms with E-state index in [-0.39, 0.29) is 0 Å². The van der Waals surface area contributed by atoms with E-state index >= 15 is 0 Å². The lowest BCUT2D eigenvalue weighted by atomic mass is 10.2. The maximum Gasteiger partial charge on any atom is 0.212 e. The molecule has 18 heavy (non-hydrogen) atoms. The number of pyridine rings is 2. The lowest BCUT2D eigenvalue weighted by Gasteiger charge is -2.08. The zero-order valence-electron chi connectivity index (χ0n) is 10.3. The topological polar surface area (TPSA) is 47.0 Å². The van der Waals surface area contributed by atoms with Gasteiger partial charge in [0.15, 0.2) is 0 Å². The molecule has 0 aliphatic heterocycles. The Labute approximate surface area is 115 Å². The summed E-state index contributed by atoms with van der Waals surface area (Å²) in [5.41, 5.74) is 2.19. The van der Waals surface area contributed by atoms with Crippen molar-refractivity contribution in [1.82, 2.24) is 9.97 Å². The molecule has 0 amide bonds. The highest BCUT2D eigenvalue weighted by molar-refractivity contribution is 9.10. The number of rotatable bonds is 4. The number of nitrogens with zero attached hydrogens (tertiary/aromatic N) is 2. The summed E-state index contributed by atoms with van der Waals surface area (Å²) in [6, 6.07) is 5.85. The molecule has 2 rings (SSSR count). The SMILES string of the molecule is COc1ccc(CNc2ncc(Br)cc2C)cn1. The van der Waals surface area contributed by atoms with E-state index in [1.54, 1.807) is 19.5 Å². The monoisotopic (exact) mass is 307 g/mol. The van der Waals surface area contributed by atoms with Gasteiger partial charge < -0.3 is 10.1 Å². The van der Waals surface area contributed by atoms with E-state index in [9.17, 15) is 0 Å². The van der Waals surface area contributed by atoms with E-state index in [1.165, 1.54) is 0 Å². The zero-order chi connectivity index (χ0) is 13.0. The molecule has 2 heterocycles. The molecule has 0 spiro atoms. The van der Waals surface area contributed by atoms with Crippen molar-refractivity contribution in [2.45, 2.75) is 13.5 Å². The number of halogens is 1. The van der Waals surface area contributed by atoms with Crippen LogP contribution in [0.4, 0.5) is 5.82 Å². The van der Waals surface area contributed by atoms with E-state index in [2.05, 4.69) is 31.2 Å². The molecule has 0 saturated heterocycles. The second-order valence-electron chi connectivity index (χ2n) is 3.88. The van der Waals surface area contributed by atoms with Crippen LogP contribution in [-0.2, 0) is 6.54 Å². The fourth-order valence-corrected chi connectivity index (χ4v) is 1.99. The van der Waals surface area contributed by atoms with Gasteiger partial charge in [-0.25, -0.2) is 9.97 Å². The van der Waals surface area contributed by atoms with Crippen LogP contribution in [0.3, 0.4) is 0 Å². The number of ether oxygens (including phenoxy) is 1. The standard InChI is InChI=1S/C13H14BrN3O/c1-9-5-11(14)8-17-13(9)16-7-10-3-4-12(18-2)15-6-10/h3-6,8H,7H2,1-2H3,(H,16,17). The molecule has 1 N–H and O–H groups in total. The van der Waals surface area contributed by atoms with Crippen LogP contribution >= 0.6 is 15.9 Å². The van der Waals surface area contributed by atoms with Crippen molar-refractivity contribution >= 4 is 21.7 Å². The van der Waals surface area contributed by atoms with Crippen LogP contribution < -0.4 is 10.1 Å². The highest BCUT2D eigenvalue weighted by Crippen LogP contribution is 2.17. The number of anilines is 1. The molecule has 2 aromatic rings. The molecule has 0 aromatic carbocycles. The number of hydrogen-bond acceptors (Lipinski definition) is 4. The third kappa shape index (κ3) is 3.20. The Morgan fingerprint density at radius 1 is 1.28 bits per heavy atom. The smallest absolute Gasteiger partial charge is 0.212 e. The molecular weight excluding hydrogens is 294 g/mol. The van der Waals surface area contributed by atoms with Crippen LogP contribution in [0.25, 0.3) is 0 Å². The largest absolute Gasteiger partial charge is 0.481 e. The van der Waals surface area contributed by atoms with Gasteiger partial charge in [0.2, 0.25) is 5.88 Å². The van der Waals surface area contributed by atoms with Crippen molar-refractivity contribution < 1.29 is 4.74 Å². The molecule has 5 heteroatoms. The molecular formula is C13H14BrN3O. The lowest BCUT2D eigenvalue weighted by molar-refractivity contribution is 0.397. The third-order valence-corrected chi connectivity index (χ3v) is 2.95. The van der Waals surface area contributed by atoms with E-state index in [0.29, 0.717) is 12.4 Å². The van der Waals surface area contributed by atoms with Crippen molar-refractivity contribution in [3.8, 4) is 5.88 Å². The third-order valence-electron chi connectivity index (χ3n) is 2.51. The first-order valence-electron chi connectivity index (χ1n) is 5.54. The highest BCUT2D eigenvalue weighted by Gasteiger charge is 2.01. The molecule has 94 valence electrons. The van der Waals surface area contributed by atoms with Crippen LogP contribution in [0.5, 0.6) is 5.88 Å². The minimum atomic E-state index is 0.622. The van der Waals surface area contributed by atoms with Crippen LogP contribution in [0, 0.1) is 6.92 Å². The summed E-state index contributed by atoms with van der Waals surface area (Å²) in [5.74, 6) is 1.51. The van der Waals surface area contributed by atoms with Gasteiger partial charge in [0, 0.05) is 29.5 Å². The van der Waals surface area contributed by atoms with Crippen molar-refractivity contribution in [3.63, 3.8) is 0 Å². The van der Waals surface area contributed by atoms with E-state index in [4.69, 9.17) is 4.74 Å². The Morgan fingerprint density at radius 3 is 2.72 bits per heavy atom. The Kier molecular flexibility index (Phi) is 4.15. The predicted octanol–water partition coefficient (Wildman–Crippen LogP) is 3.17. The van der Waals surface area contributed by atoms with Crippen LogP contribution in [-0.4, -0.2) is 17.1 Å². The Hall–Kier alpha value is -1.62. The molecule has 0 atom stereocenters. The minimum Gasteiger partial charge on any atom is -0.481 e. The molecule has 2 aromatic heterocycles. The van der Waals surface area contributed by atoms with Crippen LogP contribution in [0.2, 0.25) is 0 Å². The fourth-order valence-electron chi connectivity index (χ4n) is 1.55. The lowest BCUT2D eigenvalue weighted by Crippen LogP contribution is -2.03. The molecule has 0 radical (unpaired) electrons. The first-order valence-corrected chi connectivity index (χ1v) is 6.33. The Bertz CT molecular complexity index is 528. The molecule has 0 bridgehead atoms. The van der Waals surface area contributed by atoms with E-state index in [0.717, 1.165) is 21.4 Å². The number of nitrogens with one attached hydrogen (secondary N) is 1. The van der Waals surface area contributed by atoms with Gasteiger partial charge in [-0.05, 0) is 40.0 Å². The van der Waals surface area contributed by atoms with Gasteiger partial charge in [0.05, 0.1) is 7.11 Å². The molecule has 0 aliphatic rings. The molecule has 0 fully saturated rings. The molecule has 0 saturated carbocycles. The fraction of sp³-hybridized carbons (Fsp3) is 0.231. The van der Waals surface area contributed by atoms with Gasteiger partial charge in [-0.3, -0.25) is 0 Å². The number of methoxy groups -OCH3 is 1. The first-order chi connectivity index (χ1) is 8.69. The van der Waals surface area contributed by atoms with Gasteiger partial charge in [-0.2, -0.15) is 0 Å². The maximum atomic E-state index is 5.02. The van der Waals surface area contributed by atoms with Crippen molar-refractivity contribution in [2.75, 3.05) is 12.4 Å². The van der Waals surface area contributed by atoms with Crippen molar-refractivity contribution in [3.05, 3.63) is 46.2 Å². The van der Waals surface area contributed by atoms with Crippen molar-refractivity contribution in [2.24, 2.45) is 0 Å². The van der Waals surface area contributed by atoms with Gasteiger partial charge in [-0.1, -0.05) is 6.07 Å². The summed E-state index contributed by atoms with van der Waals surface area (Å²) in [6.07, 6.45) is 3.57. The molecule has 0 unspecified atom stereocenters. The second-order valence-corrected chi connectivity index (χ2v) is 4.80. The van der Waals surface area contributed by atoms with Crippen LogP contribution in [0.15, 0.2) is 35.1 Å². The summed E-state index contributed by atoms with van der Waals surface area (Å²) < 4.78 is 6.00. The summed E-state index contributed by atoms with van der Waals surface area (Å²) in [6.45, 7) is 2.71. The number of hydrogen-bond donors (Lipinski definition) is 1. The first kappa shape index (κ1) is 12.8. The van der Waals surface area contributed by atoms with Gasteiger partial charge in [0.25, 0.3) is 0 Å². The number of aromatic nitrogens is 2. The molecule has 4 nitrogen and oxygen atoms in total. The Morgan fingerprint density at radius 2 is 2.11 bits per heavy atom. The highest BCUT2D eigenvalue weighted by atomic mass is 79.9. The molecule has 0 aliphatic carbocycles. The average Bonchev–Trinajstić information content (AvgIpc) is 2.38. The summed E-state index contributed by atoms with van der Waals surface area (Å²) in [5, 5.41) is 3.28. The van der Waals surface area contributed by atoms with Gasteiger partial charge in [0.1, 0.15) is 5.82 Å². The van der Waals surface area contributed by atoms with E-state index < -0.39 is 0 Å². The minimum absolute atomic E-state index is 0.622. The summed E-state index contributed by atoms with van der Waals surface area (Å²) in [4.78, 5) is 8.48. The summed E-state index contributed by atoms with van der Waals surface area (Å²) in [7, 11) is 1.61.